The summed E-state index contributed by atoms with van der Waals surface area (Å²) in [7, 11) is 0. The van der Waals surface area contributed by atoms with Gasteiger partial charge in [-0.2, -0.15) is 0 Å². The summed E-state index contributed by atoms with van der Waals surface area (Å²) in [4.78, 5) is 13.7. The number of carbonyl (C=O) groups is 1. The second-order valence-corrected chi connectivity index (χ2v) is 8.07. The van der Waals surface area contributed by atoms with Gasteiger partial charge in [0, 0.05) is 12.2 Å². The molecule has 1 aromatic carbocycles. The van der Waals surface area contributed by atoms with Gasteiger partial charge in [0.25, 0.3) is 0 Å². The molecule has 0 atom stereocenters. The molecule has 2 heterocycles. The fourth-order valence-electron chi connectivity index (χ4n) is 2.99. The minimum atomic E-state index is -0.0357. The predicted octanol–water partition coefficient (Wildman–Crippen LogP) is 5.05. The summed E-state index contributed by atoms with van der Waals surface area (Å²) in [6, 6.07) is 10.2. The molecule has 3 rings (SSSR count). The quantitative estimate of drug-likeness (QED) is 0.395. The lowest BCUT2D eigenvalue weighted by Crippen LogP contribution is -2.17. The van der Waals surface area contributed by atoms with E-state index < -0.39 is 0 Å². The van der Waals surface area contributed by atoms with Crippen molar-refractivity contribution in [3.8, 4) is 10.7 Å². The fourth-order valence-corrected chi connectivity index (χ4v) is 4.45. The normalized spacial score (nSPS) is 10.8. The number of benzene rings is 1. The van der Waals surface area contributed by atoms with Crippen LogP contribution in [-0.4, -0.2) is 26.4 Å². The third kappa shape index (κ3) is 4.54. The van der Waals surface area contributed by atoms with Gasteiger partial charge < -0.3 is 5.32 Å². The van der Waals surface area contributed by atoms with Crippen molar-refractivity contribution >= 4 is 34.7 Å². The van der Waals surface area contributed by atoms with Crippen molar-refractivity contribution < 1.29 is 4.79 Å². The van der Waals surface area contributed by atoms with E-state index in [1.807, 2.05) is 34.2 Å². The molecule has 0 aliphatic carbocycles. The predicted molar refractivity (Wildman–Crippen MR) is 118 cm³/mol. The lowest BCUT2D eigenvalue weighted by atomic mass is 10.0. The first-order valence-electron chi connectivity index (χ1n) is 9.29. The first-order chi connectivity index (χ1) is 13.7. The smallest absolute Gasteiger partial charge is 0.234 e. The number of allylic oxidation sites excluding steroid dienone is 1. The maximum absolute atomic E-state index is 12.6. The van der Waals surface area contributed by atoms with E-state index in [2.05, 4.69) is 48.1 Å². The summed E-state index contributed by atoms with van der Waals surface area (Å²) in [5, 5.41) is 14.4. The van der Waals surface area contributed by atoms with Gasteiger partial charge in [0.2, 0.25) is 5.91 Å². The molecule has 28 heavy (non-hydrogen) atoms. The summed E-state index contributed by atoms with van der Waals surface area (Å²) < 4.78 is 1.99. The number of hydrogen-bond donors (Lipinski definition) is 1. The van der Waals surface area contributed by atoms with Gasteiger partial charge in [0.05, 0.1) is 10.6 Å². The Morgan fingerprint density at radius 3 is 2.57 bits per heavy atom. The van der Waals surface area contributed by atoms with Crippen molar-refractivity contribution in [3.63, 3.8) is 0 Å². The lowest BCUT2D eigenvalue weighted by molar-refractivity contribution is -0.113. The Morgan fingerprint density at radius 1 is 1.21 bits per heavy atom. The van der Waals surface area contributed by atoms with Crippen molar-refractivity contribution in [1.82, 2.24) is 14.8 Å². The molecule has 3 aromatic rings. The third-order valence-corrected chi connectivity index (χ3v) is 6.20. The zero-order valence-corrected chi connectivity index (χ0v) is 17.8. The first-order valence-corrected chi connectivity index (χ1v) is 11.2. The summed E-state index contributed by atoms with van der Waals surface area (Å²) in [5.41, 5.74) is 3.27. The number of nitrogens with one attached hydrogen (secondary N) is 1. The molecule has 0 fully saturated rings. The monoisotopic (exact) mass is 412 g/mol. The van der Waals surface area contributed by atoms with E-state index in [0.29, 0.717) is 6.54 Å². The summed E-state index contributed by atoms with van der Waals surface area (Å²) in [6.07, 6.45) is 3.58. The molecule has 0 radical (unpaired) electrons. The van der Waals surface area contributed by atoms with Crippen molar-refractivity contribution in [3.05, 3.63) is 59.5 Å². The molecule has 0 bridgehead atoms. The summed E-state index contributed by atoms with van der Waals surface area (Å²) >= 11 is 3.01. The molecule has 0 saturated carbocycles. The van der Waals surface area contributed by atoms with Crippen LogP contribution in [0.5, 0.6) is 0 Å². The van der Waals surface area contributed by atoms with Crippen LogP contribution in [0.4, 0.5) is 5.69 Å². The van der Waals surface area contributed by atoms with Gasteiger partial charge in [-0.1, -0.05) is 56.0 Å². The zero-order chi connectivity index (χ0) is 19.9. The number of aromatic nitrogens is 3. The number of para-hydroxylation sites is 1. The van der Waals surface area contributed by atoms with Crippen molar-refractivity contribution in [2.45, 2.75) is 38.4 Å². The maximum atomic E-state index is 12.6. The highest BCUT2D eigenvalue weighted by molar-refractivity contribution is 7.99. The highest BCUT2D eigenvalue weighted by Gasteiger charge is 2.16. The molecule has 0 aliphatic rings. The fraction of sp³-hybridized carbons (Fsp3) is 0.286. The van der Waals surface area contributed by atoms with E-state index >= 15 is 0 Å². The molecule has 1 N–H and O–H groups in total. The van der Waals surface area contributed by atoms with E-state index in [4.69, 9.17) is 0 Å². The largest absolute Gasteiger partial charge is 0.325 e. The standard InChI is InChI=1S/C21H24N4OS2/c1-4-12-25-20(17-11-8-13-27-17)23-24-21(25)28-14-18(26)22-19-15(5-2)9-7-10-16(19)6-3/h4,7-11,13H,1,5-6,12,14H2,2-3H3,(H,22,26). The van der Waals surface area contributed by atoms with Gasteiger partial charge in [-0.15, -0.1) is 28.1 Å². The van der Waals surface area contributed by atoms with Gasteiger partial charge in [0.1, 0.15) is 0 Å². The number of carbonyl (C=O) groups excluding carboxylic acids is 1. The number of aryl methyl sites for hydroxylation is 2. The molecule has 146 valence electrons. The van der Waals surface area contributed by atoms with Gasteiger partial charge in [-0.3, -0.25) is 9.36 Å². The Balaban J connectivity index is 1.73. The molecule has 5 nitrogen and oxygen atoms in total. The molecule has 2 aromatic heterocycles. The van der Waals surface area contributed by atoms with E-state index in [9.17, 15) is 4.79 Å². The Hall–Kier alpha value is -2.38. The maximum Gasteiger partial charge on any atom is 0.234 e. The Kier molecular flexibility index (Phi) is 7.06. The van der Waals surface area contributed by atoms with Crippen molar-refractivity contribution in [2.75, 3.05) is 11.1 Å². The van der Waals surface area contributed by atoms with E-state index in [1.165, 1.54) is 11.8 Å². The Morgan fingerprint density at radius 2 is 1.96 bits per heavy atom. The number of nitrogens with zero attached hydrogens (tertiary/aromatic N) is 3. The highest BCUT2D eigenvalue weighted by atomic mass is 32.2. The van der Waals surface area contributed by atoms with Crippen LogP contribution in [0.1, 0.15) is 25.0 Å². The van der Waals surface area contributed by atoms with E-state index in [-0.39, 0.29) is 11.7 Å². The van der Waals surface area contributed by atoms with Crippen LogP contribution in [0.3, 0.4) is 0 Å². The average molecular weight is 413 g/mol. The van der Waals surface area contributed by atoms with Crippen LogP contribution in [0.15, 0.2) is 53.5 Å². The second kappa shape index (κ2) is 9.71. The van der Waals surface area contributed by atoms with E-state index in [1.54, 1.807) is 11.3 Å². The number of thioether (sulfide) groups is 1. The van der Waals surface area contributed by atoms with Crippen LogP contribution in [0.25, 0.3) is 10.7 Å². The molecule has 1 amide bonds. The minimum absolute atomic E-state index is 0.0357. The molecule has 0 unspecified atom stereocenters. The first kappa shape index (κ1) is 20.4. The number of thiophene rings is 1. The lowest BCUT2D eigenvalue weighted by Gasteiger charge is -2.14. The zero-order valence-electron chi connectivity index (χ0n) is 16.1. The molecular formula is C21H24N4OS2. The van der Waals surface area contributed by atoms with Crippen molar-refractivity contribution in [1.29, 1.82) is 0 Å². The van der Waals surface area contributed by atoms with Crippen LogP contribution < -0.4 is 5.32 Å². The summed E-state index contributed by atoms with van der Waals surface area (Å²) in [6.45, 7) is 8.63. The summed E-state index contributed by atoms with van der Waals surface area (Å²) in [5.74, 6) is 1.05. The number of rotatable bonds is 9. The molecule has 7 heteroatoms. The minimum Gasteiger partial charge on any atom is -0.325 e. The van der Waals surface area contributed by atoms with Crippen LogP contribution in [0.2, 0.25) is 0 Å². The molecule has 0 spiro atoms. The molecule has 0 aliphatic heterocycles. The number of hydrogen-bond acceptors (Lipinski definition) is 5. The van der Waals surface area contributed by atoms with Crippen LogP contribution in [-0.2, 0) is 24.2 Å². The SMILES string of the molecule is C=CCn1c(SCC(=O)Nc2c(CC)cccc2CC)nnc1-c1cccs1. The average Bonchev–Trinajstić information content (AvgIpc) is 3.36. The van der Waals surface area contributed by atoms with E-state index in [0.717, 1.165) is 45.5 Å². The Labute approximate surface area is 173 Å². The van der Waals surface area contributed by atoms with Crippen LogP contribution >= 0.6 is 23.1 Å². The number of anilines is 1. The second-order valence-electron chi connectivity index (χ2n) is 6.18. The third-order valence-electron chi connectivity index (χ3n) is 4.37. The van der Waals surface area contributed by atoms with Crippen LogP contribution in [0, 0.1) is 0 Å². The van der Waals surface area contributed by atoms with Crippen molar-refractivity contribution in [2.24, 2.45) is 0 Å². The highest BCUT2D eigenvalue weighted by Crippen LogP contribution is 2.28. The Bertz CT molecular complexity index is 925. The topological polar surface area (TPSA) is 59.8 Å². The van der Waals surface area contributed by atoms with Gasteiger partial charge in [0.15, 0.2) is 11.0 Å². The van der Waals surface area contributed by atoms with Gasteiger partial charge in [-0.05, 0) is 35.4 Å². The van der Waals surface area contributed by atoms with Gasteiger partial charge in [-0.25, -0.2) is 0 Å². The molecule has 0 saturated heterocycles. The van der Waals surface area contributed by atoms with Gasteiger partial charge >= 0.3 is 0 Å². The molecular weight excluding hydrogens is 388 g/mol. The number of amides is 1.